The van der Waals surface area contributed by atoms with Crippen LogP contribution in [-0.4, -0.2) is 38.3 Å². The van der Waals surface area contributed by atoms with Crippen LogP contribution in [0.4, 0.5) is 0 Å². The lowest BCUT2D eigenvalue weighted by Crippen LogP contribution is -2.39. The van der Waals surface area contributed by atoms with E-state index < -0.39 is 10.0 Å². The van der Waals surface area contributed by atoms with E-state index in [1.54, 1.807) is 11.4 Å². The molecule has 1 aromatic rings. The number of nitrogens with one attached hydrogen (secondary N) is 1. The Morgan fingerprint density at radius 3 is 2.78 bits per heavy atom. The van der Waals surface area contributed by atoms with Gasteiger partial charge in [0, 0.05) is 17.6 Å². The Labute approximate surface area is 118 Å². The van der Waals surface area contributed by atoms with E-state index in [2.05, 4.69) is 21.2 Å². The van der Waals surface area contributed by atoms with Crippen molar-refractivity contribution >= 4 is 43.2 Å². The highest BCUT2D eigenvalue weighted by atomic mass is 79.9. The number of thiophene rings is 1. The maximum absolute atomic E-state index is 12.2. The molecule has 1 aliphatic rings. The normalized spacial score (nSPS) is 15.9. The van der Waals surface area contributed by atoms with Crippen LogP contribution in [0.2, 0.25) is 0 Å². The molecule has 0 bridgehead atoms. The molecule has 0 saturated heterocycles. The van der Waals surface area contributed by atoms with E-state index in [9.17, 15) is 13.2 Å². The Balaban J connectivity index is 2.05. The van der Waals surface area contributed by atoms with Gasteiger partial charge in [-0.3, -0.25) is 4.79 Å². The highest BCUT2D eigenvalue weighted by Gasteiger charge is 2.28. The molecule has 1 aliphatic carbocycles. The number of carbonyl (C=O) groups is 1. The van der Waals surface area contributed by atoms with E-state index in [0.717, 1.165) is 28.5 Å². The third-order valence-electron chi connectivity index (χ3n) is 2.54. The average Bonchev–Trinajstić information content (AvgIpc) is 2.97. The van der Waals surface area contributed by atoms with Gasteiger partial charge in [-0.15, -0.1) is 11.3 Å². The van der Waals surface area contributed by atoms with Crippen LogP contribution in [-0.2, 0) is 14.8 Å². The summed E-state index contributed by atoms with van der Waals surface area (Å²) in [6, 6.07) is 1.91. The molecule has 1 amide bonds. The van der Waals surface area contributed by atoms with Gasteiger partial charge in [-0.25, -0.2) is 8.42 Å². The number of carbonyl (C=O) groups excluding carboxylic acids is 1. The molecular weight excluding hydrogens is 340 g/mol. The van der Waals surface area contributed by atoms with E-state index in [1.165, 1.54) is 7.05 Å². The van der Waals surface area contributed by atoms with Crippen LogP contribution in [0.15, 0.2) is 20.1 Å². The molecule has 8 heteroatoms. The van der Waals surface area contributed by atoms with Crippen molar-refractivity contribution < 1.29 is 13.2 Å². The molecule has 2 rings (SSSR count). The summed E-state index contributed by atoms with van der Waals surface area (Å²) >= 11 is 4.32. The van der Waals surface area contributed by atoms with Crippen molar-refractivity contribution in [3.8, 4) is 0 Å². The van der Waals surface area contributed by atoms with Gasteiger partial charge >= 0.3 is 0 Å². The maximum Gasteiger partial charge on any atom is 0.253 e. The maximum atomic E-state index is 12.2. The van der Waals surface area contributed by atoms with Gasteiger partial charge < -0.3 is 5.32 Å². The van der Waals surface area contributed by atoms with E-state index >= 15 is 0 Å². The van der Waals surface area contributed by atoms with Crippen molar-refractivity contribution in [2.45, 2.75) is 23.1 Å². The van der Waals surface area contributed by atoms with Crippen molar-refractivity contribution in [2.24, 2.45) is 0 Å². The quantitative estimate of drug-likeness (QED) is 0.871. The molecule has 1 fully saturated rings. The molecule has 0 radical (unpaired) electrons. The standard InChI is InChI=1S/C10H13BrN2O3S2/c1-13(6-9(14)12-7-2-3-7)18(15,16)10-8(11)4-5-17-10/h4-5,7H,2-3,6H2,1H3,(H,12,14). The molecule has 1 N–H and O–H groups in total. The minimum Gasteiger partial charge on any atom is -0.352 e. The van der Waals surface area contributed by atoms with Crippen molar-refractivity contribution in [2.75, 3.05) is 13.6 Å². The van der Waals surface area contributed by atoms with Gasteiger partial charge in [0.15, 0.2) is 0 Å². The smallest absolute Gasteiger partial charge is 0.253 e. The Hall–Kier alpha value is -0.440. The molecule has 1 aromatic heterocycles. The highest BCUT2D eigenvalue weighted by molar-refractivity contribution is 9.10. The summed E-state index contributed by atoms with van der Waals surface area (Å²) in [7, 11) is -2.18. The van der Waals surface area contributed by atoms with Gasteiger partial charge in [0.2, 0.25) is 5.91 Å². The third kappa shape index (κ3) is 3.11. The fraction of sp³-hybridized carbons (Fsp3) is 0.500. The Bertz CT molecular complexity index is 551. The molecule has 18 heavy (non-hydrogen) atoms. The summed E-state index contributed by atoms with van der Waals surface area (Å²) in [4.78, 5) is 11.6. The van der Waals surface area contributed by atoms with Crippen LogP contribution >= 0.6 is 27.3 Å². The number of halogens is 1. The first-order valence-corrected chi connectivity index (χ1v) is 8.51. The zero-order valence-corrected chi connectivity index (χ0v) is 12.9. The van der Waals surface area contributed by atoms with Crippen LogP contribution in [0.1, 0.15) is 12.8 Å². The summed E-state index contributed by atoms with van der Waals surface area (Å²) in [5, 5.41) is 4.45. The Morgan fingerprint density at radius 1 is 1.61 bits per heavy atom. The SMILES string of the molecule is CN(CC(=O)NC1CC1)S(=O)(=O)c1sccc1Br. The molecule has 1 heterocycles. The van der Waals surface area contributed by atoms with Crippen LogP contribution in [0.5, 0.6) is 0 Å². The van der Waals surface area contributed by atoms with Crippen molar-refractivity contribution in [1.29, 1.82) is 0 Å². The lowest BCUT2D eigenvalue weighted by molar-refractivity contribution is -0.121. The predicted octanol–water partition coefficient (Wildman–Crippen LogP) is 1.41. The molecule has 0 aromatic carbocycles. The molecule has 0 spiro atoms. The third-order valence-corrected chi connectivity index (χ3v) is 6.99. The van der Waals surface area contributed by atoms with Crippen molar-refractivity contribution in [1.82, 2.24) is 9.62 Å². The van der Waals surface area contributed by atoms with E-state index in [1.807, 2.05) is 0 Å². The monoisotopic (exact) mass is 352 g/mol. The first kappa shape index (κ1) is 14.0. The second kappa shape index (κ2) is 5.28. The summed E-state index contributed by atoms with van der Waals surface area (Å²) in [6.07, 6.45) is 1.97. The number of likely N-dealkylation sites (N-methyl/N-ethyl adjacent to an activating group) is 1. The fourth-order valence-corrected chi connectivity index (χ4v) is 5.02. The summed E-state index contributed by atoms with van der Waals surface area (Å²) in [6.45, 7) is -0.150. The summed E-state index contributed by atoms with van der Waals surface area (Å²) < 4.78 is 26.2. The molecular formula is C10H13BrN2O3S2. The minimum absolute atomic E-state index is 0.150. The molecule has 1 saturated carbocycles. The lowest BCUT2D eigenvalue weighted by atomic mass is 10.5. The number of sulfonamides is 1. The Kier molecular flexibility index (Phi) is 4.10. The van der Waals surface area contributed by atoms with Crippen molar-refractivity contribution in [3.63, 3.8) is 0 Å². The second-order valence-electron chi connectivity index (χ2n) is 4.16. The highest BCUT2D eigenvalue weighted by Crippen LogP contribution is 2.29. The topological polar surface area (TPSA) is 66.5 Å². The number of hydrogen-bond donors (Lipinski definition) is 1. The van der Waals surface area contributed by atoms with Crippen LogP contribution in [0.3, 0.4) is 0 Å². The zero-order chi connectivity index (χ0) is 13.3. The van der Waals surface area contributed by atoms with Gasteiger partial charge in [-0.1, -0.05) is 0 Å². The van der Waals surface area contributed by atoms with Crippen molar-refractivity contribution in [3.05, 3.63) is 15.9 Å². The summed E-state index contributed by atoms with van der Waals surface area (Å²) in [5.74, 6) is -0.253. The first-order valence-electron chi connectivity index (χ1n) is 5.40. The largest absolute Gasteiger partial charge is 0.352 e. The van der Waals surface area contributed by atoms with E-state index in [0.29, 0.717) is 4.47 Å². The fourth-order valence-electron chi connectivity index (χ4n) is 1.39. The number of nitrogens with zero attached hydrogens (tertiary/aromatic N) is 1. The molecule has 100 valence electrons. The van der Waals surface area contributed by atoms with Gasteiger partial charge in [0.1, 0.15) is 4.21 Å². The molecule has 0 aliphatic heterocycles. The molecule has 0 unspecified atom stereocenters. The van der Waals surface area contributed by atoms with Gasteiger partial charge in [0.25, 0.3) is 10.0 Å². The van der Waals surface area contributed by atoms with Crippen LogP contribution in [0.25, 0.3) is 0 Å². The lowest BCUT2D eigenvalue weighted by Gasteiger charge is -2.16. The van der Waals surface area contributed by atoms with Gasteiger partial charge in [0.05, 0.1) is 6.54 Å². The van der Waals surface area contributed by atoms with Crippen LogP contribution in [0, 0.1) is 0 Å². The number of amides is 1. The first-order chi connectivity index (χ1) is 8.41. The molecule has 5 nitrogen and oxygen atoms in total. The summed E-state index contributed by atoms with van der Waals surface area (Å²) in [5.41, 5.74) is 0. The van der Waals surface area contributed by atoms with E-state index in [4.69, 9.17) is 0 Å². The predicted molar refractivity (Wildman–Crippen MR) is 73.0 cm³/mol. The van der Waals surface area contributed by atoms with Gasteiger partial charge in [-0.2, -0.15) is 4.31 Å². The minimum atomic E-state index is -3.59. The zero-order valence-electron chi connectivity index (χ0n) is 9.72. The molecule has 0 atom stereocenters. The number of rotatable bonds is 5. The van der Waals surface area contributed by atoms with E-state index in [-0.39, 0.29) is 22.7 Å². The second-order valence-corrected chi connectivity index (χ2v) is 8.17. The average molecular weight is 353 g/mol. The Morgan fingerprint density at radius 2 is 2.28 bits per heavy atom. The van der Waals surface area contributed by atoms with Gasteiger partial charge in [-0.05, 0) is 40.2 Å². The number of hydrogen-bond acceptors (Lipinski definition) is 4. The van der Waals surface area contributed by atoms with Crippen LogP contribution < -0.4 is 5.32 Å².